The summed E-state index contributed by atoms with van der Waals surface area (Å²) in [5.74, 6) is 1.23. The third-order valence-corrected chi connectivity index (χ3v) is 15.9. The van der Waals surface area contributed by atoms with E-state index < -0.39 is 8.32 Å². The maximum Gasteiger partial charge on any atom is 0.200 e. The van der Waals surface area contributed by atoms with Gasteiger partial charge in [-0.1, -0.05) is 90.1 Å². The van der Waals surface area contributed by atoms with Gasteiger partial charge in [-0.05, 0) is 72.0 Å². The van der Waals surface area contributed by atoms with Crippen LogP contribution in [0.25, 0.3) is 0 Å². The Labute approximate surface area is 245 Å². The SMILES string of the molecule is C=CCC12CCC(O[Si](C(C)C)(C(C)C)C(C)C)C(C1)C(OCc1ccccc1)C(Cc1ccc(OC)cc1)N2. The van der Waals surface area contributed by atoms with Gasteiger partial charge in [-0.3, -0.25) is 0 Å². The van der Waals surface area contributed by atoms with Crippen molar-refractivity contribution >= 4 is 8.32 Å². The van der Waals surface area contributed by atoms with Crippen LogP contribution >= 0.6 is 0 Å². The number of ether oxygens (including phenoxy) is 2. The van der Waals surface area contributed by atoms with Gasteiger partial charge in [-0.25, -0.2) is 0 Å². The number of benzene rings is 2. The van der Waals surface area contributed by atoms with E-state index >= 15 is 0 Å². The van der Waals surface area contributed by atoms with Gasteiger partial charge in [-0.15, -0.1) is 6.58 Å². The summed E-state index contributed by atoms with van der Waals surface area (Å²) >= 11 is 0. The van der Waals surface area contributed by atoms with Crippen LogP contribution in [-0.2, 0) is 22.2 Å². The number of methoxy groups -OCH3 is 1. The van der Waals surface area contributed by atoms with E-state index in [1.807, 2.05) is 0 Å². The molecule has 1 saturated heterocycles. The van der Waals surface area contributed by atoms with Crippen molar-refractivity contribution in [3.8, 4) is 5.75 Å². The van der Waals surface area contributed by atoms with Crippen molar-refractivity contribution in [2.24, 2.45) is 5.92 Å². The molecule has 5 heteroatoms. The number of hydrogen-bond acceptors (Lipinski definition) is 4. The van der Waals surface area contributed by atoms with Crippen molar-refractivity contribution in [2.75, 3.05) is 7.11 Å². The predicted molar refractivity (Wildman–Crippen MR) is 169 cm³/mol. The van der Waals surface area contributed by atoms with Crippen molar-refractivity contribution in [3.05, 3.63) is 78.4 Å². The fraction of sp³-hybridized carbons (Fsp3) is 0.600. The highest BCUT2D eigenvalue weighted by Crippen LogP contribution is 2.50. The summed E-state index contributed by atoms with van der Waals surface area (Å²) in [6, 6.07) is 19.3. The average Bonchev–Trinajstić information content (AvgIpc) is 2.93. The van der Waals surface area contributed by atoms with E-state index in [9.17, 15) is 0 Å². The fourth-order valence-electron chi connectivity index (χ4n) is 8.08. The first kappa shape index (κ1) is 31.0. The van der Waals surface area contributed by atoms with Crippen LogP contribution in [0.3, 0.4) is 0 Å². The number of piperidine rings is 1. The van der Waals surface area contributed by atoms with Crippen molar-refractivity contribution in [1.29, 1.82) is 0 Å². The maximum absolute atomic E-state index is 7.57. The highest BCUT2D eigenvalue weighted by molar-refractivity contribution is 6.77. The van der Waals surface area contributed by atoms with E-state index in [1.54, 1.807) is 7.11 Å². The molecule has 1 saturated carbocycles. The summed E-state index contributed by atoms with van der Waals surface area (Å²) in [5, 5.41) is 4.14. The van der Waals surface area contributed by atoms with Crippen LogP contribution in [0.5, 0.6) is 5.75 Å². The first-order valence-electron chi connectivity index (χ1n) is 15.5. The Morgan fingerprint density at radius 2 is 1.60 bits per heavy atom. The molecule has 4 nitrogen and oxygen atoms in total. The molecular formula is C35H53NO3Si. The molecule has 1 N–H and O–H groups in total. The molecule has 5 unspecified atom stereocenters. The molecule has 0 spiro atoms. The molecule has 1 heterocycles. The Morgan fingerprint density at radius 3 is 2.17 bits per heavy atom. The molecule has 4 rings (SSSR count). The summed E-state index contributed by atoms with van der Waals surface area (Å²) < 4.78 is 20.0. The number of fused-ring (bicyclic) bond motifs is 2. The normalized spacial score (nSPS) is 26.9. The third-order valence-electron chi connectivity index (χ3n) is 9.82. The Bertz CT molecular complexity index is 1050. The first-order chi connectivity index (χ1) is 19.1. The molecule has 2 aromatic carbocycles. The van der Waals surface area contributed by atoms with Crippen LogP contribution < -0.4 is 10.1 Å². The number of hydrogen-bond donors (Lipinski definition) is 1. The zero-order valence-electron chi connectivity index (χ0n) is 26.0. The maximum atomic E-state index is 7.57. The lowest BCUT2D eigenvalue weighted by Gasteiger charge is -2.57. The smallest absolute Gasteiger partial charge is 0.200 e. The van der Waals surface area contributed by atoms with Crippen LogP contribution in [0.4, 0.5) is 0 Å². The predicted octanol–water partition coefficient (Wildman–Crippen LogP) is 8.47. The molecule has 220 valence electrons. The largest absolute Gasteiger partial charge is 0.497 e. The second kappa shape index (κ2) is 13.4. The lowest BCUT2D eigenvalue weighted by atomic mass is 9.65. The molecule has 2 bridgehead atoms. The van der Waals surface area contributed by atoms with E-state index in [2.05, 4.69) is 114 Å². The van der Waals surface area contributed by atoms with Crippen molar-refractivity contribution in [1.82, 2.24) is 5.32 Å². The lowest BCUT2D eigenvalue weighted by molar-refractivity contribution is -0.121. The Hall–Kier alpha value is -1.92. The highest BCUT2D eigenvalue weighted by Gasteiger charge is 2.55. The van der Waals surface area contributed by atoms with E-state index in [4.69, 9.17) is 13.9 Å². The minimum atomic E-state index is -2.05. The van der Waals surface area contributed by atoms with E-state index in [0.717, 1.165) is 37.9 Å². The first-order valence-corrected chi connectivity index (χ1v) is 17.6. The van der Waals surface area contributed by atoms with Gasteiger partial charge in [0, 0.05) is 17.5 Å². The van der Waals surface area contributed by atoms with Gasteiger partial charge in [0.2, 0.25) is 8.32 Å². The third kappa shape index (κ3) is 6.59. The molecule has 1 aliphatic carbocycles. The number of nitrogens with one attached hydrogen (secondary N) is 1. The molecule has 0 amide bonds. The van der Waals surface area contributed by atoms with Gasteiger partial charge in [0.05, 0.1) is 25.9 Å². The topological polar surface area (TPSA) is 39.7 Å². The van der Waals surface area contributed by atoms with Crippen LogP contribution in [-0.4, -0.2) is 39.2 Å². The standard InChI is InChI=1S/C35H53NO3Si/c1-9-20-35-21-19-33(39-40(25(2)3,26(4)5)27(6)7)31(23-35)34(38-24-29-13-11-10-12-14-29)32(36-35)22-28-15-17-30(37-8)18-16-28/h9-18,25-27,31-34,36H,1,19-24H2,2-8H3. The Kier molecular flexibility index (Phi) is 10.4. The van der Waals surface area contributed by atoms with E-state index in [1.165, 1.54) is 11.1 Å². The van der Waals surface area contributed by atoms with Gasteiger partial charge in [0.1, 0.15) is 5.75 Å². The van der Waals surface area contributed by atoms with Gasteiger partial charge >= 0.3 is 0 Å². The Morgan fingerprint density at radius 1 is 0.950 bits per heavy atom. The van der Waals surface area contributed by atoms with Crippen LogP contribution in [0.2, 0.25) is 16.6 Å². The van der Waals surface area contributed by atoms with Crippen LogP contribution in [0, 0.1) is 5.92 Å². The Balaban J connectivity index is 1.70. The van der Waals surface area contributed by atoms with Gasteiger partial charge in [0.15, 0.2) is 0 Å². The minimum absolute atomic E-state index is 0.0493. The molecular weight excluding hydrogens is 510 g/mol. The molecule has 1 aliphatic heterocycles. The fourth-order valence-corrected chi connectivity index (χ4v) is 13.7. The van der Waals surface area contributed by atoms with Gasteiger partial charge in [-0.2, -0.15) is 0 Å². The zero-order chi connectivity index (χ0) is 28.9. The van der Waals surface area contributed by atoms with Crippen molar-refractivity contribution in [3.63, 3.8) is 0 Å². The molecule has 2 aromatic rings. The molecule has 5 atom stereocenters. The molecule has 2 aliphatic rings. The summed E-state index contributed by atoms with van der Waals surface area (Å²) in [6.07, 6.45) is 7.53. The van der Waals surface area contributed by atoms with Crippen LogP contribution in [0.15, 0.2) is 67.3 Å². The van der Waals surface area contributed by atoms with Gasteiger partial charge < -0.3 is 19.2 Å². The molecule has 2 fully saturated rings. The second-order valence-electron chi connectivity index (χ2n) is 13.2. The van der Waals surface area contributed by atoms with Crippen LogP contribution in [0.1, 0.15) is 78.4 Å². The molecule has 0 aromatic heterocycles. The summed E-state index contributed by atoms with van der Waals surface area (Å²) in [5.41, 5.74) is 4.26. The van der Waals surface area contributed by atoms with Gasteiger partial charge in [0.25, 0.3) is 0 Å². The van der Waals surface area contributed by atoms with E-state index in [-0.39, 0.29) is 23.8 Å². The second-order valence-corrected chi connectivity index (χ2v) is 18.6. The lowest BCUT2D eigenvalue weighted by Crippen LogP contribution is -2.68. The quantitative estimate of drug-likeness (QED) is 0.196. The zero-order valence-corrected chi connectivity index (χ0v) is 27.0. The minimum Gasteiger partial charge on any atom is -0.497 e. The number of rotatable bonds is 13. The molecule has 40 heavy (non-hydrogen) atoms. The summed E-state index contributed by atoms with van der Waals surface area (Å²) in [6.45, 7) is 19.2. The highest BCUT2D eigenvalue weighted by atomic mass is 28.4. The van der Waals surface area contributed by atoms with E-state index in [0.29, 0.717) is 29.1 Å². The molecule has 0 radical (unpaired) electrons. The van der Waals surface area contributed by atoms with Crippen molar-refractivity contribution in [2.45, 2.75) is 121 Å². The van der Waals surface area contributed by atoms with Crippen molar-refractivity contribution < 1.29 is 13.9 Å². The summed E-state index contributed by atoms with van der Waals surface area (Å²) in [4.78, 5) is 0. The monoisotopic (exact) mass is 563 g/mol. The summed E-state index contributed by atoms with van der Waals surface area (Å²) in [7, 11) is -0.324. The average molecular weight is 564 g/mol.